The number of ether oxygens (including phenoxy) is 1. The Balaban J connectivity index is 1.65. The predicted molar refractivity (Wildman–Crippen MR) is 83.0 cm³/mol. The fraction of sp³-hybridized carbons (Fsp3) is 0.667. The summed E-state index contributed by atoms with van der Waals surface area (Å²) in [4.78, 5) is 0. The Labute approximate surface area is 122 Å². The number of rotatable bonds is 7. The number of hydrogen-bond acceptors (Lipinski definition) is 2. The highest BCUT2D eigenvalue weighted by molar-refractivity contribution is 5.30. The Hall–Kier alpha value is -1.02. The van der Waals surface area contributed by atoms with Crippen molar-refractivity contribution in [2.45, 2.75) is 51.5 Å². The molecule has 2 heteroatoms. The fourth-order valence-corrected chi connectivity index (χ4v) is 3.46. The van der Waals surface area contributed by atoms with Crippen molar-refractivity contribution in [2.75, 3.05) is 13.7 Å². The lowest BCUT2D eigenvalue weighted by atomic mass is 9.67. The molecule has 1 aromatic carbocycles. The molecule has 1 unspecified atom stereocenters. The minimum absolute atomic E-state index is 0.546. The number of benzene rings is 1. The quantitative estimate of drug-likeness (QED) is 0.799. The van der Waals surface area contributed by atoms with Crippen LogP contribution in [0.1, 0.15) is 57.1 Å². The molecule has 110 valence electrons. The van der Waals surface area contributed by atoms with Crippen LogP contribution in [0, 0.1) is 11.3 Å². The van der Waals surface area contributed by atoms with Gasteiger partial charge in [0.25, 0.3) is 0 Å². The van der Waals surface area contributed by atoms with Gasteiger partial charge in [0.2, 0.25) is 0 Å². The topological polar surface area (TPSA) is 21.3 Å². The van der Waals surface area contributed by atoms with Gasteiger partial charge in [0.1, 0.15) is 5.75 Å². The summed E-state index contributed by atoms with van der Waals surface area (Å²) < 4.78 is 5.26. The first-order valence-corrected chi connectivity index (χ1v) is 8.14. The van der Waals surface area contributed by atoms with E-state index in [4.69, 9.17) is 4.74 Å². The van der Waals surface area contributed by atoms with Crippen molar-refractivity contribution in [2.24, 2.45) is 11.3 Å². The van der Waals surface area contributed by atoms with Crippen molar-refractivity contribution in [3.05, 3.63) is 29.8 Å². The first kappa shape index (κ1) is 13.9. The molecular formula is C18H27NO. The van der Waals surface area contributed by atoms with E-state index in [1.807, 2.05) is 0 Å². The van der Waals surface area contributed by atoms with Crippen molar-refractivity contribution >= 4 is 0 Å². The maximum absolute atomic E-state index is 5.26. The van der Waals surface area contributed by atoms with Gasteiger partial charge in [0.05, 0.1) is 7.11 Å². The van der Waals surface area contributed by atoms with Crippen LogP contribution in [0.15, 0.2) is 24.3 Å². The average molecular weight is 273 g/mol. The summed E-state index contributed by atoms with van der Waals surface area (Å²) in [5, 5.41) is 3.89. The van der Waals surface area contributed by atoms with Crippen LogP contribution in [0.4, 0.5) is 0 Å². The van der Waals surface area contributed by atoms with Gasteiger partial charge in [-0.2, -0.15) is 0 Å². The summed E-state index contributed by atoms with van der Waals surface area (Å²) >= 11 is 0. The van der Waals surface area contributed by atoms with E-state index in [-0.39, 0.29) is 0 Å². The third kappa shape index (κ3) is 2.85. The molecule has 0 radical (unpaired) electrons. The summed E-state index contributed by atoms with van der Waals surface area (Å²) in [5.41, 5.74) is 2.03. The number of hydrogen-bond donors (Lipinski definition) is 1. The SMILES string of the molecule is CCC1(CNC(c2ccc(OC)cc2)C2CC2)CCC1. The van der Waals surface area contributed by atoms with E-state index in [2.05, 4.69) is 36.5 Å². The molecule has 3 rings (SSSR count). The molecule has 2 aliphatic carbocycles. The van der Waals surface area contributed by atoms with Gasteiger partial charge in [0.15, 0.2) is 0 Å². The van der Waals surface area contributed by atoms with Crippen LogP contribution in [0.2, 0.25) is 0 Å². The summed E-state index contributed by atoms with van der Waals surface area (Å²) in [6.07, 6.45) is 8.32. The van der Waals surface area contributed by atoms with E-state index >= 15 is 0 Å². The summed E-state index contributed by atoms with van der Waals surface area (Å²) in [6.45, 7) is 3.54. The normalized spacial score (nSPS) is 22.1. The third-order valence-electron chi connectivity index (χ3n) is 5.43. The molecule has 2 fully saturated rings. The van der Waals surface area contributed by atoms with Crippen LogP contribution in [0.5, 0.6) is 5.75 Å². The van der Waals surface area contributed by atoms with Crippen LogP contribution < -0.4 is 10.1 Å². The summed E-state index contributed by atoms with van der Waals surface area (Å²) in [7, 11) is 1.73. The monoisotopic (exact) mass is 273 g/mol. The fourth-order valence-electron chi connectivity index (χ4n) is 3.46. The highest BCUT2D eigenvalue weighted by Gasteiger charge is 2.38. The lowest BCUT2D eigenvalue weighted by Gasteiger charge is -2.42. The van der Waals surface area contributed by atoms with E-state index in [0.717, 1.165) is 11.7 Å². The minimum atomic E-state index is 0.546. The molecule has 2 aliphatic rings. The Morgan fingerprint density at radius 3 is 2.40 bits per heavy atom. The van der Waals surface area contributed by atoms with Crippen LogP contribution in [-0.4, -0.2) is 13.7 Å². The largest absolute Gasteiger partial charge is 0.497 e. The van der Waals surface area contributed by atoms with Crippen LogP contribution in [0.3, 0.4) is 0 Å². The maximum atomic E-state index is 5.26. The van der Waals surface area contributed by atoms with Gasteiger partial charge in [-0.3, -0.25) is 0 Å². The molecule has 1 aromatic rings. The van der Waals surface area contributed by atoms with Crippen LogP contribution in [0.25, 0.3) is 0 Å². The molecule has 1 N–H and O–H groups in total. The van der Waals surface area contributed by atoms with E-state index in [1.54, 1.807) is 7.11 Å². The highest BCUT2D eigenvalue weighted by atomic mass is 16.5. The molecule has 0 bridgehead atoms. The summed E-state index contributed by atoms with van der Waals surface area (Å²) in [5.74, 6) is 1.80. The van der Waals surface area contributed by atoms with E-state index < -0.39 is 0 Å². The zero-order chi connectivity index (χ0) is 14.0. The first-order valence-electron chi connectivity index (χ1n) is 8.14. The van der Waals surface area contributed by atoms with Crippen LogP contribution in [-0.2, 0) is 0 Å². The maximum Gasteiger partial charge on any atom is 0.118 e. The Morgan fingerprint density at radius 1 is 1.25 bits per heavy atom. The Bertz CT molecular complexity index is 426. The van der Waals surface area contributed by atoms with Gasteiger partial charge < -0.3 is 10.1 Å². The molecule has 0 aromatic heterocycles. The van der Waals surface area contributed by atoms with Gasteiger partial charge in [0, 0.05) is 12.6 Å². The van der Waals surface area contributed by atoms with E-state index in [0.29, 0.717) is 11.5 Å². The van der Waals surface area contributed by atoms with Crippen molar-refractivity contribution < 1.29 is 4.74 Å². The van der Waals surface area contributed by atoms with E-state index in [1.165, 1.54) is 50.6 Å². The standard InChI is InChI=1S/C18H27NO/c1-3-18(11-4-12-18)13-19-17(14-5-6-14)15-7-9-16(20-2)10-8-15/h7-10,14,17,19H,3-6,11-13H2,1-2H3. The minimum Gasteiger partial charge on any atom is -0.497 e. The highest BCUT2D eigenvalue weighted by Crippen LogP contribution is 2.46. The molecule has 2 saturated carbocycles. The molecule has 0 amide bonds. The van der Waals surface area contributed by atoms with Crippen molar-refractivity contribution in [3.8, 4) is 5.75 Å². The van der Waals surface area contributed by atoms with Gasteiger partial charge in [-0.15, -0.1) is 0 Å². The van der Waals surface area contributed by atoms with Crippen molar-refractivity contribution in [1.29, 1.82) is 0 Å². The Kier molecular flexibility index (Phi) is 4.02. The zero-order valence-electron chi connectivity index (χ0n) is 12.8. The number of nitrogens with one attached hydrogen (secondary N) is 1. The first-order chi connectivity index (χ1) is 9.76. The molecule has 0 spiro atoms. The second kappa shape index (κ2) is 5.77. The average Bonchev–Trinajstić information content (AvgIpc) is 3.27. The lowest BCUT2D eigenvalue weighted by molar-refractivity contribution is 0.117. The smallest absolute Gasteiger partial charge is 0.118 e. The second-order valence-electron chi connectivity index (χ2n) is 6.68. The predicted octanol–water partition coefficient (Wildman–Crippen LogP) is 4.32. The molecule has 0 heterocycles. The van der Waals surface area contributed by atoms with Crippen molar-refractivity contribution in [3.63, 3.8) is 0 Å². The molecule has 0 saturated heterocycles. The third-order valence-corrected chi connectivity index (χ3v) is 5.43. The Morgan fingerprint density at radius 2 is 1.95 bits per heavy atom. The summed E-state index contributed by atoms with van der Waals surface area (Å²) in [6, 6.07) is 9.18. The van der Waals surface area contributed by atoms with Gasteiger partial charge >= 0.3 is 0 Å². The van der Waals surface area contributed by atoms with Crippen molar-refractivity contribution in [1.82, 2.24) is 5.32 Å². The second-order valence-corrected chi connectivity index (χ2v) is 6.68. The van der Waals surface area contributed by atoms with E-state index in [9.17, 15) is 0 Å². The zero-order valence-corrected chi connectivity index (χ0v) is 12.8. The molecule has 2 nitrogen and oxygen atoms in total. The number of methoxy groups -OCH3 is 1. The van der Waals surface area contributed by atoms with Gasteiger partial charge in [-0.25, -0.2) is 0 Å². The molecule has 1 atom stereocenters. The molecular weight excluding hydrogens is 246 g/mol. The van der Waals surface area contributed by atoms with Crippen LogP contribution >= 0.6 is 0 Å². The lowest BCUT2D eigenvalue weighted by Crippen LogP contribution is -2.41. The molecule has 0 aliphatic heterocycles. The van der Waals surface area contributed by atoms with Gasteiger partial charge in [-0.05, 0) is 61.1 Å². The molecule has 20 heavy (non-hydrogen) atoms. The van der Waals surface area contributed by atoms with Gasteiger partial charge in [-0.1, -0.05) is 25.5 Å².